The highest BCUT2D eigenvalue weighted by molar-refractivity contribution is 7.98. The van der Waals surface area contributed by atoms with E-state index in [9.17, 15) is 9.59 Å². The van der Waals surface area contributed by atoms with Crippen molar-refractivity contribution < 1.29 is 9.21 Å². The highest BCUT2D eigenvalue weighted by Gasteiger charge is 2.19. The van der Waals surface area contributed by atoms with Gasteiger partial charge in [-0.1, -0.05) is 25.6 Å². The number of nitrogens with one attached hydrogen (secondary N) is 1. The quantitative estimate of drug-likeness (QED) is 0.335. The standard InChI is InChI=1S/C20H21N5O3S2/c1-10(2)8-25-17(13-6-5-7-28-13)23-24-20(25)29-9-14-21-18(27)15-11(3)16(12(4)26)30-19(15)22-14/h5-7,10H,8-9H2,1-4H3,(H,21,22,27). The van der Waals surface area contributed by atoms with Crippen molar-refractivity contribution in [2.24, 2.45) is 5.92 Å². The summed E-state index contributed by atoms with van der Waals surface area (Å²) in [5.41, 5.74) is 0.465. The van der Waals surface area contributed by atoms with Gasteiger partial charge in [-0.15, -0.1) is 21.5 Å². The van der Waals surface area contributed by atoms with Crippen LogP contribution in [0.2, 0.25) is 0 Å². The van der Waals surface area contributed by atoms with Gasteiger partial charge in [-0.2, -0.15) is 0 Å². The van der Waals surface area contributed by atoms with Crippen molar-refractivity contribution >= 4 is 39.1 Å². The van der Waals surface area contributed by atoms with E-state index in [2.05, 4.69) is 34.0 Å². The van der Waals surface area contributed by atoms with E-state index >= 15 is 0 Å². The van der Waals surface area contributed by atoms with Crippen molar-refractivity contribution in [2.75, 3.05) is 0 Å². The molecule has 0 aromatic carbocycles. The molecular formula is C20H21N5O3S2. The minimum atomic E-state index is -0.225. The Morgan fingerprint density at radius 3 is 2.83 bits per heavy atom. The summed E-state index contributed by atoms with van der Waals surface area (Å²) in [4.78, 5) is 33.0. The topological polar surface area (TPSA) is 107 Å². The second-order valence-electron chi connectivity index (χ2n) is 7.38. The largest absolute Gasteiger partial charge is 0.461 e. The molecule has 10 heteroatoms. The lowest BCUT2D eigenvalue weighted by Gasteiger charge is -2.11. The second-order valence-corrected chi connectivity index (χ2v) is 9.32. The van der Waals surface area contributed by atoms with Crippen LogP contribution in [0.15, 0.2) is 32.8 Å². The lowest BCUT2D eigenvalue weighted by molar-refractivity contribution is 0.102. The number of ketones is 1. The fourth-order valence-electron chi connectivity index (χ4n) is 3.24. The summed E-state index contributed by atoms with van der Waals surface area (Å²) in [6.07, 6.45) is 1.61. The second kappa shape index (κ2) is 8.19. The number of nitrogens with zero attached hydrogens (tertiary/aromatic N) is 4. The SMILES string of the molecule is CC(=O)c1sc2nc(CSc3nnc(-c4ccco4)n3CC(C)C)[nH]c(=O)c2c1C. The monoisotopic (exact) mass is 443 g/mol. The lowest BCUT2D eigenvalue weighted by Crippen LogP contribution is -2.11. The van der Waals surface area contributed by atoms with Crippen LogP contribution >= 0.6 is 23.1 Å². The predicted octanol–water partition coefficient (Wildman–Crippen LogP) is 4.30. The fraction of sp³-hybridized carbons (Fsp3) is 0.350. The van der Waals surface area contributed by atoms with Crippen LogP contribution < -0.4 is 5.56 Å². The first-order chi connectivity index (χ1) is 14.3. The first-order valence-electron chi connectivity index (χ1n) is 9.48. The number of aromatic amines is 1. The van der Waals surface area contributed by atoms with E-state index < -0.39 is 0 Å². The average molecular weight is 444 g/mol. The van der Waals surface area contributed by atoms with Crippen molar-refractivity contribution in [3.8, 4) is 11.6 Å². The molecule has 4 aromatic heterocycles. The normalized spacial score (nSPS) is 11.6. The number of carbonyl (C=O) groups is 1. The van der Waals surface area contributed by atoms with Gasteiger partial charge in [0.15, 0.2) is 22.5 Å². The maximum absolute atomic E-state index is 12.6. The molecule has 0 saturated carbocycles. The van der Waals surface area contributed by atoms with Gasteiger partial charge in [-0.25, -0.2) is 4.98 Å². The number of aromatic nitrogens is 5. The van der Waals surface area contributed by atoms with Crippen LogP contribution in [0.5, 0.6) is 0 Å². The number of thiophene rings is 1. The van der Waals surface area contributed by atoms with Crippen molar-refractivity contribution in [2.45, 2.75) is 45.1 Å². The third-order valence-electron chi connectivity index (χ3n) is 4.51. The molecule has 4 heterocycles. The summed E-state index contributed by atoms with van der Waals surface area (Å²) in [6, 6.07) is 3.67. The zero-order valence-electron chi connectivity index (χ0n) is 17.1. The molecule has 0 aliphatic heterocycles. The highest BCUT2D eigenvalue weighted by Crippen LogP contribution is 2.29. The van der Waals surface area contributed by atoms with Crippen LogP contribution in [0, 0.1) is 12.8 Å². The summed E-state index contributed by atoms with van der Waals surface area (Å²) in [5.74, 6) is 2.63. The Hall–Kier alpha value is -2.72. The van der Waals surface area contributed by atoms with E-state index in [-0.39, 0.29) is 11.3 Å². The Morgan fingerprint density at radius 2 is 2.17 bits per heavy atom. The van der Waals surface area contributed by atoms with Gasteiger partial charge in [-0.05, 0) is 37.5 Å². The third-order valence-corrected chi connectivity index (χ3v) is 6.78. The van der Waals surface area contributed by atoms with Crippen molar-refractivity contribution in [1.29, 1.82) is 0 Å². The van der Waals surface area contributed by atoms with E-state index in [4.69, 9.17) is 4.42 Å². The molecular weight excluding hydrogens is 422 g/mol. The van der Waals surface area contributed by atoms with Gasteiger partial charge in [0.25, 0.3) is 5.56 Å². The molecule has 0 atom stereocenters. The van der Waals surface area contributed by atoms with Gasteiger partial charge in [-0.3, -0.25) is 14.2 Å². The third kappa shape index (κ3) is 3.84. The van der Waals surface area contributed by atoms with Crippen LogP contribution in [0.1, 0.15) is 41.8 Å². The number of rotatable bonds is 7. The van der Waals surface area contributed by atoms with Gasteiger partial charge in [0.1, 0.15) is 10.7 Å². The Bertz CT molecular complexity index is 1270. The Kier molecular flexibility index (Phi) is 5.61. The predicted molar refractivity (Wildman–Crippen MR) is 117 cm³/mol. The number of hydrogen-bond acceptors (Lipinski definition) is 8. The molecule has 0 fully saturated rings. The molecule has 0 aliphatic rings. The number of hydrogen-bond donors (Lipinski definition) is 1. The molecule has 0 aliphatic carbocycles. The summed E-state index contributed by atoms with van der Waals surface area (Å²) < 4.78 is 7.52. The molecule has 0 bridgehead atoms. The minimum absolute atomic E-state index is 0.0573. The van der Waals surface area contributed by atoms with Crippen LogP contribution in [-0.2, 0) is 12.3 Å². The summed E-state index contributed by atoms with van der Waals surface area (Å²) in [5, 5.41) is 9.83. The van der Waals surface area contributed by atoms with Crippen LogP contribution in [-0.4, -0.2) is 30.5 Å². The van der Waals surface area contributed by atoms with Crippen molar-refractivity contribution in [1.82, 2.24) is 24.7 Å². The first-order valence-corrected chi connectivity index (χ1v) is 11.3. The molecule has 156 valence electrons. The van der Waals surface area contributed by atoms with E-state index in [1.165, 1.54) is 30.0 Å². The van der Waals surface area contributed by atoms with E-state index in [1.807, 2.05) is 16.7 Å². The van der Waals surface area contributed by atoms with Gasteiger partial charge in [0.2, 0.25) is 0 Å². The molecule has 1 N–H and O–H groups in total. The summed E-state index contributed by atoms with van der Waals surface area (Å²) in [6.45, 7) is 8.27. The molecule has 4 aromatic rings. The maximum atomic E-state index is 12.6. The zero-order chi connectivity index (χ0) is 21.4. The summed E-state index contributed by atoms with van der Waals surface area (Å²) >= 11 is 2.71. The minimum Gasteiger partial charge on any atom is -0.461 e. The number of fused-ring (bicyclic) bond motifs is 1. The highest BCUT2D eigenvalue weighted by atomic mass is 32.2. The van der Waals surface area contributed by atoms with Gasteiger partial charge >= 0.3 is 0 Å². The van der Waals surface area contributed by atoms with Crippen molar-refractivity contribution in [3.63, 3.8) is 0 Å². The van der Waals surface area contributed by atoms with Gasteiger partial charge in [0, 0.05) is 6.54 Å². The van der Waals surface area contributed by atoms with Crippen LogP contribution in [0.4, 0.5) is 0 Å². The first kappa shape index (κ1) is 20.5. The molecule has 0 saturated heterocycles. The number of Topliss-reactive ketones (excluding diaryl/α,β-unsaturated/α-hetero) is 1. The molecule has 8 nitrogen and oxygen atoms in total. The Morgan fingerprint density at radius 1 is 1.37 bits per heavy atom. The number of thioether (sulfide) groups is 1. The van der Waals surface area contributed by atoms with Crippen LogP contribution in [0.25, 0.3) is 21.8 Å². The zero-order valence-corrected chi connectivity index (χ0v) is 18.7. The Balaban J connectivity index is 1.64. The molecule has 0 radical (unpaired) electrons. The Labute approximate surface area is 180 Å². The number of aryl methyl sites for hydroxylation is 1. The molecule has 4 rings (SSSR count). The summed E-state index contributed by atoms with van der Waals surface area (Å²) in [7, 11) is 0. The van der Waals surface area contributed by atoms with Gasteiger partial charge < -0.3 is 9.40 Å². The molecule has 0 spiro atoms. The number of carbonyl (C=O) groups excluding carboxylic acids is 1. The average Bonchev–Trinajstić information content (AvgIpc) is 3.39. The molecule has 0 amide bonds. The number of furan rings is 1. The number of H-pyrrole nitrogens is 1. The van der Waals surface area contributed by atoms with Crippen LogP contribution in [0.3, 0.4) is 0 Å². The smallest absolute Gasteiger partial charge is 0.259 e. The van der Waals surface area contributed by atoms with E-state index in [0.717, 1.165) is 11.7 Å². The fourth-order valence-corrected chi connectivity index (χ4v) is 5.15. The van der Waals surface area contributed by atoms with Gasteiger partial charge in [0.05, 0.1) is 22.3 Å². The van der Waals surface area contributed by atoms with Crippen molar-refractivity contribution in [3.05, 3.63) is 45.0 Å². The molecule has 0 unspecified atom stereocenters. The lowest BCUT2D eigenvalue weighted by atomic mass is 10.2. The van der Waals surface area contributed by atoms with E-state index in [1.54, 1.807) is 13.2 Å². The van der Waals surface area contributed by atoms with E-state index in [0.29, 0.717) is 49.7 Å². The molecule has 30 heavy (non-hydrogen) atoms. The maximum Gasteiger partial charge on any atom is 0.259 e.